The van der Waals surface area contributed by atoms with Crippen molar-refractivity contribution in [1.29, 1.82) is 0 Å². The molecule has 0 aromatic heterocycles. The van der Waals surface area contributed by atoms with Crippen LogP contribution >= 0.6 is 0 Å². The molecule has 6 nitrogen and oxygen atoms in total. The van der Waals surface area contributed by atoms with Crippen LogP contribution in [0.5, 0.6) is 0 Å². The van der Waals surface area contributed by atoms with E-state index in [-0.39, 0.29) is 30.4 Å². The normalized spacial score (nSPS) is 19.5. The van der Waals surface area contributed by atoms with E-state index >= 15 is 0 Å². The number of nitrogens with two attached hydrogens (primary N) is 1. The molecule has 0 spiro atoms. The van der Waals surface area contributed by atoms with Gasteiger partial charge in [-0.3, -0.25) is 14.5 Å². The van der Waals surface area contributed by atoms with Gasteiger partial charge in [0.1, 0.15) is 11.6 Å². The molecule has 3 rings (SSSR count). The van der Waals surface area contributed by atoms with E-state index in [0.29, 0.717) is 11.1 Å². The van der Waals surface area contributed by atoms with Crippen LogP contribution in [0.1, 0.15) is 67.6 Å². The summed E-state index contributed by atoms with van der Waals surface area (Å²) in [6.07, 6.45) is 1.83. The van der Waals surface area contributed by atoms with E-state index in [2.05, 4.69) is 10.3 Å². The number of halogens is 2. The molecule has 2 aromatic rings. The second-order valence-electron chi connectivity index (χ2n) is 8.47. The van der Waals surface area contributed by atoms with Gasteiger partial charge >= 0.3 is 0 Å². The third-order valence-electron chi connectivity index (χ3n) is 5.54. The monoisotopic (exact) mass is 442 g/mol. The molecule has 0 radical (unpaired) electrons. The first-order valence-electron chi connectivity index (χ1n) is 10.6. The van der Waals surface area contributed by atoms with Crippen LogP contribution in [0.15, 0.2) is 47.5 Å². The smallest absolute Gasteiger partial charge is 0.251 e. The molecule has 0 fully saturated rings. The van der Waals surface area contributed by atoms with Crippen LogP contribution in [0.25, 0.3) is 0 Å². The van der Waals surface area contributed by atoms with Gasteiger partial charge in [-0.15, -0.1) is 0 Å². The lowest BCUT2D eigenvalue weighted by atomic mass is 9.91. The van der Waals surface area contributed by atoms with Crippen molar-refractivity contribution in [2.24, 2.45) is 10.7 Å². The number of benzene rings is 2. The first kappa shape index (κ1) is 23.4. The minimum atomic E-state index is -0.609. The fraction of sp³-hybridized carbons (Fsp3) is 0.375. The van der Waals surface area contributed by atoms with Crippen molar-refractivity contribution in [3.8, 4) is 0 Å². The largest absolute Gasteiger partial charge is 0.369 e. The maximum atomic E-state index is 14.3. The van der Waals surface area contributed by atoms with Gasteiger partial charge in [0.2, 0.25) is 5.91 Å². The lowest BCUT2D eigenvalue weighted by molar-refractivity contribution is -0.130. The van der Waals surface area contributed by atoms with Crippen molar-refractivity contribution in [3.05, 3.63) is 70.8 Å². The van der Waals surface area contributed by atoms with Gasteiger partial charge in [0.05, 0.1) is 24.5 Å². The van der Waals surface area contributed by atoms with Gasteiger partial charge in [0.25, 0.3) is 5.91 Å². The summed E-state index contributed by atoms with van der Waals surface area (Å²) in [6, 6.07) is 9.31. The highest BCUT2D eigenvalue weighted by atomic mass is 19.1. The van der Waals surface area contributed by atoms with Crippen molar-refractivity contribution >= 4 is 17.8 Å². The molecule has 1 aliphatic rings. The highest BCUT2D eigenvalue weighted by Gasteiger charge is 2.35. The Bertz CT molecular complexity index is 1060. The molecule has 0 unspecified atom stereocenters. The van der Waals surface area contributed by atoms with E-state index in [4.69, 9.17) is 5.73 Å². The number of hydrogen-bond donors (Lipinski definition) is 2. The molecule has 3 N–H and O–H groups in total. The Balaban J connectivity index is 1.77. The second kappa shape index (κ2) is 9.46. The van der Waals surface area contributed by atoms with E-state index < -0.39 is 29.1 Å². The summed E-state index contributed by atoms with van der Waals surface area (Å²) in [5.74, 6) is -1.63. The van der Waals surface area contributed by atoms with Gasteiger partial charge in [-0.2, -0.15) is 0 Å². The van der Waals surface area contributed by atoms with Crippen LogP contribution in [0.4, 0.5) is 8.78 Å². The Morgan fingerprint density at radius 2 is 2.00 bits per heavy atom. The van der Waals surface area contributed by atoms with E-state index in [1.165, 1.54) is 29.2 Å². The maximum absolute atomic E-state index is 14.3. The summed E-state index contributed by atoms with van der Waals surface area (Å²) in [6.45, 7) is 5.63. The number of nitrogens with one attached hydrogen (secondary N) is 1. The number of rotatable bonds is 7. The van der Waals surface area contributed by atoms with Crippen LogP contribution < -0.4 is 11.1 Å². The van der Waals surface area contributed by atoms with Crippen molar-refractivity contribution in [2.45, 2.75) is 58.2 Å². The summed E-state index contributed by atoms with van der Waals surface area (Å²) < 4.78 is 27.7. The van der Waals surface area contributed by atoms with E-state index in [1.54, 1.807) is 19.1 Å². The number of guanidine groups is 1. The quantitative estimate of drug-likeness (QED) is 0.678. The van der Waals surface area contributed by atoms with Crippen LogP contribution in [0.2, 0.25) is 0 Å². The van der Waals surface area contributed by atoms with Gasteiger partial charge in [-0.25, -0.2) is 13.8 Å². The maximum Gasteiger partial charge on any atom is 0.251 e. The minimum Gasteiger partial charge on any atom is -0.369 e. The standard InChI is InChI=1S/C24H28F2N4O2/c1-4-8-24(3)13-21(31)30(23(27)29-24)14-16-9-18(12-20(26)10-16)22(32)28-15(2)17-6-5-7-19(25)11-17/h5-7,9-12,15H,4,8,13-14H2,1-3H3,(H2,27,29)(H,28,32)/t15-,24+/m0/s1. The van der Waals surface area contributed by atoms with Gasteiger partial charge in [-0.1, -0.05) is 25.5 Å². The van der Waals surface area contributed by atoms with Crippen molar-refractivity contribution < 1.29 is 18.4 Å². The molecule has 1 heterocycles. The van der Waals surface area contributed by atoms with Crippen molar-refractivity contribution in [2.75, 3.05) is 0 Å². The predicted molar refractivity (Wildman–Crippen MR) is 119 cm³/mol. The van der Waals surface area contributed by atoms with Crippen LogP contribution in [0.3, 0.4) is 0 Å². The Labute approximate surface area is 186 Å². The highest BCUT2D eigenvalue weighted by molar-refractivity contribution is 5.99. The second-order valence-corrected chi connectivity index (χ2v) is 8.47. The summed E-state index contributed by atoms with van der Waals surface area (Å²) >= 11 is 0. The molecule has 2 amide bonds. The fourth-order valence-corrected chi connectivity index (χ4v) is 3.97. The first-order valence-corrected chi connectivity index (χ1v) is 10.6. The van der Waals surface area contributed by atoms with Gasteiger partial charge in [-0.05, 0) is 61.7 Å². The molecule has 2 aromatic carbocycles. The van der Waals surface area contributed by atoms with Crippen molar-refractivity contribution in [3.63, 3.8) is 0 Å². The topological polar surface area (TPSA) is 87.8 Å². The highest BCUT2D eigenvalue weighted by Crippen LogP contribution is 2.28. The Hall–Kier alpha value is -3.29. The van der Waals surface area contributed by atoms with Crippen molar-refractivity contribution in [1.82, 2.24) is 10.2 Å². The SMILES string of the molecule is CCC[C@]1(C)CC(=O)N(Cc2cc(F)cc(C(=O)N[C@@H](C)c3cccc(F)c3)c2)C(N)=N1. The zero-order chi connectivity index (χ0) is 23.5. The summed E-state index contributed by atoms with van der Waals surface area (Å²) in [7, 11) is 0. The molecule has 0 bridgehead atoms. The van der Waals surface area contributed by atoms with E-state index in [0.717, 1.165) is 18.9 Å². The Kier molecular flexibility index (Phi) is 6.91. The summed E-state index contributed by atoms with van der Waals surface area (Å²) in [5.41, 5.74) is 6.62. The zero-order valence-corrected chi connectivity index (χ0v) is 18.5. The molecular formula is C24H28F2N4O2. The molecule has 0 saturated carbocycles. The van der Waals surface area contributed by atoms with Gasteiger partial charge < -0.3 is 11.1 Å². The number of hydrogen-bond acceptors (Lipinski definition) is 4. The molecule has 8 heteroatoms. The number of aliphatic imine (C=N–C) groups is 1. The Morgan fingerprint density at radius 1 is 1.25 bits per heavy atom. The first-order chi connectivity index (χ1) is 15.1. The van der Waals surface area contributed by atoms with Gasteiger partial charge in [0, 0.05) is 5.56 Å². The molecule has 2 atom stereocenters. The third kappa shape index (κ3) is 5.49. The number of amides is 2. The number of nitrogens with zero attached hydrogens (tertiary/aromatic N) is 2. The lowest BCUT2D eigenvalue weighted by Crippen LogP contribution is -2.50. The minimum absolute atomic E-state index is 0.00780. The summed E-state index contributed by atoms with van der Waals surface area (Å²) in [5, 5.41) is 2.74. The average Bonchev–Trinajstić information content (AvgIpc) is 2.70. The molecule has 32 heavy (non-hydrogen) atoms. The average molecular weight is 443 g/mol. The Morgan fingerprint density at radius 3 is 2.66 bits per heavy atom. The van der Waals surface area contributed by atoms with Crippen LogP contribution in [-0.4, -0.2) is 28.2 Å². The fourth-order valence-electron chi connectivity index (χ4n) is 3.97. The van der Waals surface area contributed by atoms with E-state index in [1.807, 2.05) is 13.8 Å². The molecule has 170 valence electrons. The lowest BCUT2D eigenvalue weighted by Gasteiger charge is -2.35. The van der Waals surface area contributed by atoms with Crippen LogP contribution in [0, 0.1) is 11.6 Å². The van der Waals surface area contributed by atoms with E-state index in [9.17, 15) is 18.4 Å². The number of carbonyl (C=O) groups excluding carboxylic acids is 2. The molecule has 1 aliphatic heterocycles. The zero-order valence-electron chi connectivity index (χ0n) is 18.5. The summed E-state index contributed by atoms with van der Waals surface area (Å²) in [4.78, 5) is 31.2. The van der Waals surface area contributed by atoms with Gasteiger partial charge in [0.15, 0.2) is 5.96 Å². The van der Waals surface area contributed by atoms with Crippen LogP contribution in [-0.2, 0) is 11.3 Å². The molecule has 0 saturated heterocycles. The molecular weight excluding hydrogens is 414 g/mol. The predicted octanol–water partition coefficient (Wildman–Crippen LogP) is 4.06. The molecule has 0 aliphatic carbocycles. The number of carbonyl (C=O) groups is 2. The third-order valence-corrected chi connectivity index (χ3v) is 5.54.